The average molecular weight is 159 g/mol. The molecule has 62 valence electrons. The molecule has 0 aliphatic rings. The predicted octanol–water partition coefficient (Wildman–Crippen LogP) is 2.98. The van der Waals surface area contributed by atoms with Gasteiger partial charge in [-0.05, 0) is 31.0 Å². The van der Waals surface area contributed by atoms with E-state index in [-0.39, 0.29) is 0 Å². The van der Waals surface area contributed by atoms with Crippen molar-refractivity contribution in [3.63, 3.8) is 0 Å². The van der Waals surface area contributed by atoms with Crippen molar-refractivity contribution in [1.82, 2.24) is 4.98 Å². The average Bonchev–Trinajstić information content (AvgIpc) is 2.05. The highest BCUT2D eigenvalue weighted by molar-refractivity contribution is 5.50. The van der Waals surface area contributed by atoms with Gasteiger partial charge in [-0.25, -0.2) is 0 Å². The van der Waals surface area contributed by atoms with E-state index in [1.807, 2.05) is 50.5 Å². The molecule has 0 aromatic carbocycles. The van der Waals surface area contributed by atoms with Crippen molar-refractivity contribution in [3.05, 3.63) is 47.8 Å². The van der Waals surface area contributed by atoms with E-state index in [9.17, 15) is 0 Å². The van der Waals surface area contributed by atoms with Crippen LogP contribution in [0.1, 0.15) is 18.1 Å². The Hall–Kier alpha value is -1.37. The van der Waals surface area contributed by atoms with E-state index in [1.54, 1.807) is 0 Å². The monoisotopic (exact) mass is 159 g/mol. The minimum absolute atomic E-state index is 1.15. The third kappa shape index (κ3) is 2.70. The van der Waals surface area contributed by atoms with E-state index >= 15 is 0 Å². The molecule has 0 spiro atoms. The molecule has 1 rings (SSSR count). The third-order valence-electron chi connectivity index (χ3n) is 1.49. The number of nitrogens with zero attached hydrogens (tertiary/aromatic N) is 1. The van der Waals surface area contributed by atoms with Gasteiger partial charge in [0.05, 0.1) is 0 Å². The lowest BCUT2D eigenvalue weighted by molar-refractivity contribution is 1.26. The van der Waals surface area contributed by atoms with Gasteiger partial charge in [0.25, 0.3) is 0 Å². The molecule has 12 heavy (non-hydrogen) atoms. The first kappa shape index (κ1) is 8.72. The molecule has 1 heterocycles. The van der Waals surface area contributed by atoms with E-state index in [4.69, 9.17) is 0 Å². The zero-order valence-corrected chi connectivity index (χ0v) is 7.49. The predicted molar refractivity (Wildman–Crippen MR) is 52.8 cm³/mol. The molecule has 0 saturated carbocycles. The van der Waals surface area contributed by atoms with Crippen molar-refractivity contribution >= 4 is 6.08 Å². The second kappa shape index (κ2) is 4.50. The first-order chi connectivity index (χ1) is 5.83. The Morgan fingerprint density at radius 3 is 2.75 bits per heavy atom. The van der Waals surface area contributed by atoms with Gasteiger partial charge in [0, 0.05) is 12.4 Å². The fourth-order valence-corrected chi connectivity index (χ4v) is 0.947. The first-order valence-electron chi connectivity index (χ1n) is 4.04. The van der Waals surface area contributed by atoms with Crippen molar-refractivity contribution in [2.75, 3.05) is 0 Å². The standard InChI is InChI=1S/C11H13N/c1-3-4-5-6-11-7-10(2)8-12-9-11/h3-9H,1-2H3/b4-3-,6-5-. The fraction of sp³-hybridized carbons (Fsp3) is 0.182. The second-order valence-electron chi connectivity index (χ2n) is 2.68. The van der Waals surface area contributed by atoms with Gasteiger partial charge in [-0.15, -0.1) is 0 Å². The molecule has 0 saturated heterocycles. The lowest BCUT2D eigenvalue weighted by atomic mass is 10.2. The van der Waals surface area contributed by atoms with Gasteiger partial charge < -0.3 is 0 Å². The molecule has 0 fully saturated rings. The van der Waals surface area contributed by atoms with Gasteiger partial charge in [0.2, 0.25) is 0 Å². The fourth-order valence-electron chi connectivity index (χ4n) is 0.947. The largest absolute Gasteiger partial charge is 0.264 e. The van der Waals surface area contributed by atoms with Crippen LogP contribution < -0.4 is 0 Å². The van der Waals surface area contributed by atoms with Crippen LogP contribution >= 0.6 is 0 Å². The molecule has 0 unspecified atom stereocenters. The molecule has 1 aromatic rings. The number of allylic oxidation sites excluding steroid dienone is 3. The summed E-state index contributed by atoms with van der Waals surface area (Å²) in [5.74, 6) is 0. The molecular formula is C11H13N. The summed E-state index contributed by atoms with van der Waals surface area (Å²) in [6.07, 6.45) is 11.8. The van der Waals surface area contributed by atoms with Crippen LogP contribution in [0, 0.1) is 6.92 Å². The topological polar surface area (TPSA) is 12.9 Å². The summed E-state index contributed by atoms with van der Waals surface area (Å²) in [7, 11) is 0. The van der Waals surface area contributed by atoms with E-state index in [1.165, 1.54) is 5.56 Å². The summed E-state index contributed by atoms with van der Waals surface area (Å²) in [4.78, 5) is 4.09. The lowest BCUT2D eigenvalue weighted by Gasteiger charge is -1.92. The normalized spacial score (nSPS) is 11.5. The van der Waals surface area contributed by atoms with Crippen molar-refractivity contribution in [3.8, 4) is 0 Å². The van der Waals surface area contributed by atoms with E-state index in [0.717, 1.165) is 5.56 Å². The maximum atomic E-state index is 4.09. The highest BCUT2D eigenvalue weighted by Crippen LogP contribution is 2.02. The van der Waals surface area contributed by atoms with Crippen LogP contribution in [0.3, 0.4) is 0 Å². The third-order valence-corrected chi connectivity index (χ3v) is 1.49. The molecule has 1 aromatic heterocycles. The Morgan fingerprint density at radius 2 is 2.08 bits per heavy atom. The summed E-state index contributed by atoms with van der Waals surface area (Å²) in [6.45, 7) is 4.04. The van der Waals surface area contributed by atoms with E-state index in [0.29, 0.717) is 0 Å². The zero-order chi connectivity index (χ0) is 8.81. The SMILES string of the molecule is C/C=C\C=C/c1cncc(C)c1. The van der Waals surface area contributed by atoms with Gasteiger partial charge in [-0.2, -0.15) is 0 Å². The molecule has 0 aliphatic carbocycles. The van der Waals surface area contributed by atoms with E-state index in [2.05, 4.69) is 11.1 Å². The molecule has 1 heteroatoms. The lowest BCUT2D eigenvalue weighted by Crippen LogP contribution is -1.78. The molecule has 0 aliphatic heterocycles. The summed E-state index contributed by atoms with van der Waals surface area (Å²) in [6, 6.07) is 2.10. The highest BCUT2D eigenvalue weighted by Gasteiger charge is 1.85. The number of aromatic nitrogens is 1. The molecule has 0 atom stereocenters. The maximum Gasteiger partial charge on any atom is 0.0340 e. The number of rotatable bonds is 2. The van der Waals surface area contributed by atoms with Gasteiger partial charge in [-0.3, -0.25) is 4.98 Å². The minimum atomic E-state index is 1.15. The molecule has 0 radical (unpaired) electrons. The molecule has 1 nitrogen and oxygen atoms in total. The summed E-state index contributed by atoms with van der Waals surface area (Å²) in [5, 5.41) is 0. The highest BCUT2D eigenvalue weighted by atomic mass is 14.6. The smallest absolute Gasteiger partial charge is 0.0340 e. The second-order valence-corrected chi connectivity index (χ2v) is 2.68. The summed E-state index contributed by atoms with van der Waals surface area (Å²) < 4.78 is 0. The summed E-state index contributed by atoms with van der Waals surface area (Å²) >= 11 is 0. The van der Waals surface area contributed by atoms with Crippen LogP contribution in [0.15, 0.2) is 36.7 Å². The Morgan fingerprint density at radius 1 is 1.25 bits per heavy atom. The zero-order valence-electron chi connectivity index (χ0n) is 7.49. The van der Waals surface area contributed by atoms with Gasteiger partial charge in [0.1, 0.15) is 0 Å². The molecule has 0 amide bonds. The quantitative estimate of drug-likeness (QED) is 0.604. The molecule has 0 N–H and O–H groups in total. The molecule has 0 bridgehead atoms. The van der Waals surface area contributed by atoms with Gasteiger partial charge in [-0.1, -0.05) is 24.3 Å². The Kier molecular flexibility index (Phi) is 3.27. The van der Waals surface area contributed by atoms with Crippen LogP contribution in [-0.4, -0.2) is 4.98 Å². The number of hydrogen-bond acceptors (Lipinski definition) is 1. The maximum absolute atomic E-state index is 4.09. The number of aryl methyl sites for hydroxylation is 1. The van der Waals surface area contributed by atoms with Crippen molar-refractivity contribution in [2.45, 2.75) is 13.8 Å². The van der Waals surface area contributed by atoms with Crippen LogP contribution in [-0.2, 0) is 0 Å². The van der Waals surface area contributed by atoms with Crippen LogP contribution in [0.4, 0.5) is 0 Å². The Bertz CT molecular complexity index is 298. The van der Waals surface area contributed by atoms with Crippen LogP contribution in [0.25, 0.3) is 6.08 Å². The van der Waals surface area contributed by atoms with Crippen LogP contribution in [0.2, 0.25) is 0 Å². The minimum Gasteiger partial charge on any atom is -0.264 e. The Labute approximate surface area is 73.5 Å². The summed E-state index contributed by atoms with van der Waals surface area (Å²) in [5.41, 5.74) is 2.34. The van der Waals surface area contributed by atoms with Crippen LogP contribution in [0.5, 0.6) is 0 Å². The van der Waals surface area contributed by atoms with Crippen molar-refractivity contribution in [2.24, 2.45) is 0 Å². The molecular weight excluding hydrogens is 146 g/mol. The number of pyridine rings is 1. The van der Waals surface area contributed by atoms with Gasteiger partial charge in [0.15, 0.2) is 0 Å². The number of hydrogen-bond donors (Lipinski definition) is 0. The van der Waals surface area contributed by atoms with Crippen molar-refractivity contribution in [1.29, 1.82) is 0 Å². The first-order valence-corrected chi connectivity index (χ1v) is 4.04. The Balaban J connectivity index is 2.76. The van der Waals surface area contributed by atoms with Crippen molar-refractivity contribution < 1.29 is 0 Å². The van der Waals surface area contributed by atoms with Gasteiger partial charge >= 0.3 is 0 Å². The van der Waals surface area contributed by atoms with E-state index < -0.39 is 0 Å².